The number of rotatable bonds is 6. The highest BCUT2D eigenvalue weighted by atomic mass is 32.2. The topological polar surface area (TPSA) is 37.4 Å². The second kappa shape index (κ2) is 6.74. The van der Waals surface area contributed by atoms with Crippen LogP contribution in [0.3, 0.4) is 0 Å². The van der Waals surface area contributed by atoms with Gasteiger partial charge in [0.1, 0.15) is 9.84 Å². The Morgan fingerprint density at radius 1 is 1.32 bits per heavy atom. The van der Waals surface area contributed by atoms with Crippen LogP contribution in [0.1, 0.15) is 18.4 Å². The largest absolute Gasteiger partial charge is 0.292 e. The fourth-order valence-electron chi connectivity index (χ4n) is 2.14. The quantitative estimate of drug-likeness (QED) is 0.745. The van der Waals surface area contributed by atoms with Crippen LogP contribution in [0.5, 0.6) is 0 Å². The molecule has 0 aliphatic carbocycles. The number of benzene rings is 1. The van der Waals surface area contributed by atoms with Crippen LogP contribution >= 0.6 is 0 Å². The molecule has 0 aliphatic heterocycles. The normalized spacial score (nSPS) is 14.9. The van der Waals surface area contributed by atoms with E-state index in [9.17, 15) is 8.42 Å². The molecule has 4 heteroatoms. The number of sulfone groups is 1. The van der Waals surface area contributed by atoms with Crippen molar-refractivity contribution in [3.8, 4) is 12.3 Å². The Hall–Kier alpha value is -1.31. The predicted octanol–water partition coefficient (Wildman–Crippen LogP) is 1.77. The van der Waals surface area contributed by atoms with Crippen LogP contribution in [0.4, 0.5) is 0 Å². The SMILES string of the molecule is C#CCN(C)C(C)C(CS(C)(=O)=O)c1ccccc1. The van der Waals surface area contributed by atoms with Gasteiger partial charge in [-0.2, -0.15) is 0 Å². The fraction of sp³-hybridized carbons (Fsp3) is 0.467. The van der Waals surface area contributed by atoms with Gasteiger partial charge in [0.2, 0.25) is 0 Å². The van der Waals surface area contributed by atoms with Gasteiger partial charge in [-0.05, 0) is 19.5 Å². The monoisotopic (exact) mass is 279 g/mol. The highest BCUT2D eigenvalue weighted by molar-refractivity contribution is 7.90. The van der Waals surface area contributed by atoms with Crippen LogP contribution in [0.25, 0.3) is 0 Å². The molecule has 1 aromatic rings. The summed E-state index contributed by atoms with van der Waals surface area (Å²) in [4.78, 5) is 2.00. The van der Waals surface area contributed by atoms with E-state index in [2.05, 4.69) is 5.92 Å². The van der Waals surface area contributed by atoms with Crippen molar-refractivity contribution in [3.63, 3.8) is 0 Å². The number of hydrogen-bond acceptors (Lipinski definition) is 3. The zero-order chi connectivity index (χ0) is 14.5. The standard InChI is InChI=1S/C15H21NO2S/c1-5-11-16(3)13(2)15(12-19(4,17)18)14-9-7-6-8-10-14/h1,6-10,13,15H,11-12H2,2-4H3. The van der Waals surface area contributed by atoms with Gasteiger partial charge < -0.3 is 0 Å². The Morgan fingerprint density at radius 2 is 1.89 bits per heavy atom. The molecule has 0 amide bonds. The Bertz CT molecular complexity index is 531. The lowest BCUT2D eigenvalue weighted by Crippen LogP contribution is -2.37. The van der Waals surface area contributed by atoms with Crippen molar-refractivity contribution in [1.82, 2.24) is 4.90 Å². The lowest BCUT2D eigenvalue weighted by Gasteiger charge is -2.30. The van der Waals surface area contributed by atoms with E-state index in [1.54, 1.807) is 0 Å². The highest BCUT2D eigenvalue weighted by Gasteiger charge is 2.25. The molecule has 2 unspecified atom stereocenters. The van der Waals surface area contributed by atoms with E-state index in [-0.39, 0.29) is 17.7 Å². The zero-order valence-electron chi connectivity index (χ0n) is 11.7. The van der Waals surface area contributed by atoms with Gasteiger partial charge in [-0.15, -0.1) is 6.42 Å². The summed E-state index contributed by atoms with van der Waals surface area (Å²) in [6, 6.07) is 9.79. The molecule has 0 aromatic heterocycles. The summed E-state index contributed by atoms with van der Waals surface area (Å²) < 4.78 is 23.3. The lowest BCUT2D eigenvalue weighted by atomic mass is 9.93. The molecule has 0 radical (unpaired) electrons. The Kier molecular flexibility index (Phi) is 5.59. The van der Waals surface area contributed by atoms with Crippen molar-refractivity contribution in [1.29, 1.82) is 0 Å². The van der Waals surface area contributed by atoms with Crippen LogP contribution in [-0.2, 0) is 9.84 Å². The molecule has 0 saturated heterocycles. The maximum atomic E-state index is 11.6. The molecule has 0 bridgehead atoms. The van der Waals surface area contributed by atoms with Crippen LogP contribution in [-0.4, -0.2) is 45.0 Å². The van der Waals surface area contributed by atoms with Crippen molar-refractivity contribution >= 4 is 9.84 Å². The van der Waals surface area contributed by atoms with Crippen molar-refractivity contribution in [2.24, 2.45) is 0 Å². The molecule has 0 aliphatic rings. The van der Waals surface area contributed by atoms with Gasteiger partial charge in [0.15, 0.2) is 0 Å². The molecule has 0 heterocycles. The molecule has 1 rings (SSSR count). The number of nitrogens with zero attached hydrogens (tertiary/aromatic N) is 1. The first-order chi connectivity index (χ1) is 8.85. The van der Waals surface area contributed by atoms with Gasteiger partial charge in [-0.1, -0.05) is 36.3 Å². The second-order valence-corrected chi connectivity index (χ2v) is 7.15. The predicted molar refractivity (Wildman–Crippen MR) is 79.8 cm³/mol. The van der Waals surface area contributed by atoms with Crippen molar-refractivity contribution in [2.45, 2.75) is 18.9 Å². The summed E-state index contributed by atoms with van der Waals surface area (Å²) in [7, 11) is -1.12. The van der Waals surface area contributed by atoms with Gasteiger partial charge >= 0.3 is 0 Å². The van der Waals surface area contributed by atoms with E-state index in [0.29, 0.717) is 6.54 Å². The summed E-state index contributed by atoms with van der Waals surface area (Å²) in [5.74, 6) is 2.65. The second-order valence-electron chi connectivity index (χ2n) is 4.97. The fourth-order valence-corrected chi connectivity index (χ4v) is 3.26. The molecule has 3 nitrogen and oxygen atoms in total. The van der Waals surface area contributed by atoms with Crippen molar-refractivity contribution in [2.75, 3.05) is 25.6 Å². The first-order valence-corrected chi connectivity index (χ1v) is 8.27. The summed E-state index contributed by atoms with van der Waals surface area (Å²) in [5.41, 5.74) is 1.03. The van der Waals surface area contributed by atoms with Crippen LogP contribution in [0, 0.1) is 12.3 Å². The average molecular weight is 279 g/mol. The third-order valence-corrected chi connectivity index (χ3v) is 4.29. The minimum atomic E-state index is -3.04. The van der Waals surface area contributed by atoms with Gasteiger partial charge in [0, 0.05) is 18.2 Å². The highest BCUT2D eigenvalue weighted by Crippen LogP contribution is 2.24. The maximum absolute atomic E-state index is 11.6. The van der Waals surface area contributed by atoms with E-state index in [1.165, 1.54) is 6.26 Å². The number of likely N-dealkylation sites (N-methyl/N-ethyl adjacent to an activating group) is 1. The minimum Gasteiger partial charge on any atom is -0.292 e. The molecule has 2 atom stereocenters. The molecular formula is C15H21NO2S. The minimum absolute atomic E-state index is 0.0631. The van der Waals surface area contributed by atoms with E-state index in [4.69, 9.17) is 6.42 Å². The summed E-state index contributed by atoms with van der Waals surface area (Å²) in [6.07, 6.45) is 6.60. The smallest absolute Gasteiger partial charge is 0.148 e. The zero-order valence-corrected chi connectivity index (χ0v) is 12.5. The van der Waals surface area contributed by atoms with Crippen LogP contribution in [0.15, 0.2) is 30.3 Å². The van der Waals surface area contributed by atoms with Crippen LogP contribution < -0.4 is 0 Å². The third kappa shape index (κ3) is 5.06. The van der Waals surface area contributed by atoms with Gasteiger partial charge in [0.25, 0.3) is 0 Å². The first kappa shape index (κ1) is 15.7. The lowest BCUT2D eigenvalue weighted by molar-refractivity contribution is 0.259. The molecular weight excluding hydrogens is 258 g/mol. The summed E-state index contributed by atoms with van der Waals surface area (Å²) >= 11 is 0. The Labute approximate surface area is 116 Å². The third-order valence-electron chi connectivity index (χ3n) is 3.33. The molecule has 1 aromatic carbocycles. The van der Waals surface area contributed by atoms with Crippen molar-refractivity contribution < 1.29 is 8.42 Å². The maximum Gasteiger partial charge on any atom is 0.148 e. The number of terminal acetylenes is 1. The molecule has 104 valence electrons. The van der Waals surface area contributed by atoms with E-state index >= 15 is 0 Å². The summed E-state index contributed by atoms with van der Waals surface area (Å²) in [6.45, 7) is 2.52. The first-order valence-electron chi connectivity index (χ1n) is 6.21. The van der Waals surface area contributed by atoms with Gasteiger partial charge in [-0.3, -0.25) is 4.90 Å². The van der Waals surface area contributed by atoms with E-state index in [1.807, 2.05) is 49.2 Å². The van der Waals surface area contributed by atoms with E-state index < -0.39 is 9.84 Å². The molecule has 0 fully saturated rings. The van der Waals surface area contributed by atoms with Crippen molar-refractivity contribution in [3.05, 3.63) is 35.9 Å². The van der Waals surface area contributed by atoms with E-state index in [0.717, 1.165) is 5.56 Å². The summed E-state index contributed by atoms with van der Waals surface area (Å²) in [5, 5.41) is 0. The van der Waals surface area contributed by atoms with Crippen LogP contribution in [0.2, 0.25) is 0 Å². The molecule has 0 saturated carbocycles. The molecule has 19 heavy (non-hydrogen) atoms. The van der Waals surface area contributed by atoms with Gasteiger partial charge in [0.05, 0.1) is 12.3 Å². The molecule has 0 N–H and O–H groups in total. The Balaban J connectivity index is 3.03. The van der Waals surface area contributed by atoms with Gasteiger partial charge in [-0.25, -0.2) is 8.42 Å². The Morgan fingerprint density at radius 3 is 2.37 bits per heavy atom. The average Bonchev–Trinajstić information content (AvgIpc) is 2.35. The molecule has 0 spiro atoms. The number of hydrogen-bond donors (Lipinski definition) is 0.